The van der Waals surface area contributed by atoms with E-state index in [0.29, 0.717) is 45.9 Å². The standard InChI is InChI=1S/C21H47N11O3/c1-35-17-16-32(14-6-12-30-20(33)28-10-4-2-8-26-18(22)23)15-7-13-31-21(34)29-11-5-3-9-27-19(24)25/h2-17H2,1H3,(H4,22,23,26)(H4,24,25,27)(H2,28,30,33)(H2,29,31,34). The molecule has 0 saturated heterocycles. The molecule has 0 atom stereocenters. The van der Waals surface area contributed by atoms with Crippen molar-refractivity contribution in [3.8, 4) is 0 Å². The Morgan fingerprint density at radius 3 is 1.31 bits per heavy atom. The lowest BCUT2D eigenvalue weighted by Crippen LogP contribution is -2.39. The van der Waals surface area contributed by atoms with Gasteiger partial charge in [-0.05, 0) is 51.6 Å². The Bertz CT molecular complexity index is 547. The molecule has 0 unspecified atom stereocenters. The van der Waals surface area contributed by atoms with Gasteiger partial charge in [-0.25, -0.2) is 9.59 Å². The molecule has 0 aliphatic rings. The molecule has 35 heavy (non-hydrogen) atoms. The molecule has 0 aliphatic carbocycles. The molecule has 0 saturated carbocycles. The SMILES string of the molecule is COCCN(CCCNC(=O)NCCCCNC(=N)N)CCCNC(=O)NCCCCNC(=N)N. The van der Waals surface area contributed by atoms with Crippen molar-refractivity contribution in [3.63, 3.8) is 0 Å². The van der Waals surface area contributed by atoms with E-state index in [4.69, 9.17) is 27.0 Å². The van der Waals surface area contributed by atoms with Crippen LogP contribution in [0.25, 0.3) is 0 Å². The first-order chi connectivity index (χ1) is 16.8. The van der Waals surface area contributed by atoms with E-state index in [1.54, 1.807) is 7.11 Å². The van der Waals surface area contributed by atoms with Crippen molar-refractivity contribution in [1.29, 1.82) is 10.8 Å². The first-order valence-electron chi connectivity index (χ1n) is 12.3. The van der Waals surface area contributed by atoms with Gasteiger partial charge in [0, 0.05) is 52.9 Å². The van der Waals surface area contributed by atoms with Crippen molar-refractivity contribution in [1.82, 2.24) is 36.8 Å². The van der Waals surface area contributed by atoms with Crippen molar-refractivity contribution in [2.75, 3.05) is 72.6 Å². The van der Waals surface area contributed by atoms with E-state index in [1.165, 1.54) is 0 Å². The molecule has 0 fully saturated rings. The molecule has 4 amide bonds. The second-order valence-electron chi connectivity index (χ2n) is 8.00. The van der Waals surface area contributed by atoms with Gasteiger partial charge in [-0.2, -0.15) is 0 Å². The molecule has 204 valence electrons. The molecule has 0 bridgehead atoms. The van der Waals surface area contributed by atoms with E-state index in [0.717, 1.165) is 58.2 Å². The predicted octanol–water partition coefficient (Wildman–Crippen LogP) is -1.16. The summed E-state index contributed by atoms with van der Waals surface area (Å²) in [4.78, 5) is 25.9. The normalized spacial score (nSPS) is 10.5. The lowest BCUT2D eigenvalue weighted by atomic mass is 10.3. The molecule has 0 rings (SSSR count). The summed E-state index contributed by atoms with van der Waals surface area (Å²) < 4.78 is 5.18. The second-order valence-corrected chi connectivity index (χ2v) is 8.00. The number of hydrogen-bond acceptors (Lipinski definition) is 6. The zero-order chi connectivity index (χ0) is 26.2. The van der Waals surface area contributed by atoms with Gasteiger partial charge in [-0.3, -0.25) is 10.8 Å². The Morgan fingerprint density at radius 1 is 0.629 bits per heavy atom. The number of carbonyl (C=O) groups excluding carboxylic acids is 2. The lowest BCUT2D eigenvalue weighted by Gasteiger charge is -2.22. The van der Waals surface area contributed by atoms with Crippen LogP contribution in [0.5, 0.6) is 0 Å². The number of unbranched alkanes of at least 4 members (excludes halogenated alkanes) is 2. The average Bonchev–Trinajstić information content (AvgIpc) is 2.81. The van der Waals surface area contributed by atoms with E-state index in [-0.39, 0.29) is 24.0 Å². The first-order valence-corrected chi connectivity index (χ1v) is 12.3. The van der Waals surface area contributed by atoms with Crippen molar-refractivity contribution in [2.24, 2.45) is 11.5 Å². The Kier molecular flexibility index (Phi) is 20.8. The number of hydrogen-bond donors (Lipinski definition) is 10. The molecule has 0 aromatic carbocycles. The van der Waals surface area contributed by atoms with Gasteiger partial charge in [0.2, 0.25) is 0 Å². The van der Waals surface area contributed by atoms with Crippen LogP contribution in [-0.4, -0.2) is 102 Å². The maximum Gasteiger partial charge on any atom is 0.314 e. The molecular weight excluding hydrogens is 454 g/mol. The minimum Gasteiger partial charge on any atom is -0.383 e. The van der Waals surface area contributed by atoms with Crippen LogP contribution < -0.4 is 43.4 Å². The Balaban J connectivity index is 3.82. The van der Waals surface area contributed by atoms with Gasteiger partial charge in [0.05, 0.1) is 6.61 Å². The van der Waals surface area contributed by atoms with Gasteiger partial charge in [0.1, 0.15) is 0 Å². The van der Waals surface area contributed by atoms with E-state index >= 15 is 0 Å². The number of rotatable bonds is 21. The van der Waals surface area contributed by atoms with Gasteiger partial charge >= 0.3 is 12.1 Å². The highest BCUT2D eigenvalue weighted by molar-refractivity contribution is 5.75. The lowest BCUT2D eigenvalue weighted by molar-refractivity contribution is 0.146. The Morgan fingerprint density at radius 2 is 0.971 bits per heavy atom. The molecule has 12 N–H and O–H groups in total. The second kappa shape index (κ2) is 22.8. The third-order valence-corrected chi connectivity index (χ3v) is 4.89. The fourth-order valence-corrected chi connectivity index (χ4v) is 3.04. The number of guanidine groups is 2. The summed E-state index contributed by atoms with van der Waals surface area (Å²) in [7, 11) is 1.67. The molecule has 14 nitrogen and oxygen atoms in total. The smallest absolute Gasteiger partial charge is 0.314 e. The third kappa shape index (κ3) is 23.9. The average molecular weight is 502 g/mol. The van der Waals surface area contributed by atoms with Gasteiger partial charge in [-0.1, -0.05) is 0 Å². The number of urea groups is 2. The number of methoxy groups -OCH3 is 1. The summed E-state index contributed by atoms with van der Waals surface area (Å²) >= 11 is 0. The van der Waals surface area contributed by atoms with Crippen LogP contribution in [0.15, 0.2) is 0 Å². The molecular formula is C21H47N11O3. The predicted molar refractivity (Wildman–Crippen MR) is 139 cm³/mol. The topological polar surface area (TPSA) is 219 Å². The quantitative estimate of drug-likeness (QED) is 0.0524. The van der Waals surface area contributed by atoms with Crippen LogP contribution in [0.3, 0.4) is 0 Å². The number of nitrogens with two attached hydrogens (primary N) is 2. The zero-order valence-corrected chi connectivity index (χ0v) is 21.1. The van der Waals surface area contributed by atoms with Crippen molar-refractivity contribution in [2.45, 2.75) is 38.5 Å². The van der Waals surface area contributed by atoms with Gasteiger partial charge in [-0.15, -0.1) is 0 Å². The summed E-state index contributed by atoms with van der Waals surface area (Å²) in [5, 5.41) is 30.9. The summed E-state index contributed by atoms with van der Waals surface area (Å²) in [5.74, 6) is -0.0837. The van der Waals surface area contributed by atoms with Crippen LogP contribution in [0.1, 0.15) is 38.5 Å². The van der Waals surface area contributed by atoms with Crippen molar-refractivity contribution in [3.05, 3.63) is 0 Å². The van der Waals surface area contributed by atoms with Gasteiger partial charge in [0.15, 0.2) is 11.9 Å². The van der Waals surface area contributed by atoms with Crippen LogP contribution >= 0.6 is 0 Å². The summed E-state index contributed by atoms with van der Waals surface area (Å²) in [6.45, 7) is 6.59. The number of ether oxygens (including phenoxy) is 1. The fourth-order valence-electron chi connectivity index (χ4n) is 3.04. The minimum atomic E-state index is -0.182. The van der Waals surface area contributed by atoms with Gasteiger partial charge in [0.25, 0.3) is 0 Å². The van der Waals surface area contributed by atoms with Crippen LogP contribution in [0, 0.1) is 10.8 Å². The largest absolute Gasteiger partial charge is 0.383 e. The van der Waals surface area contributed by atoms with E-state index in [9.17, 15) is 9.59 Å². The molecule has 0 aromatic heterocycles. The minimum absolute atomic E-state index is 0.0418. The number of amides is 4. The third-order valence-electron chi connectivity index (χ3n) is 4.89. The summed E-state index contributed by atoms with van der Waals surface area (Å²) in [6, 6.07) is -0.364. The zero-order valence-electron chi connectivity index (χ0n) is 21.1. The van der Waals surface area contributed by atoms with Crippen molar-refractivity contribution < 1.29 is 14.3 Å². The number of carbonyl (C=O) groups is 2. The number of nitrogens with one attached hydrogen (secondary N) is 8. The molecule has 0 aliphatic heterocycles. The fraction of sp³-hybridized carbons (Fsp3) is 0.810. The maximum atomic E-state index is 11.8. The molecule has 14 heteroatoms. The van der Waals surface area contributed by atoms with Crippen LogP contribution in [0.4, 0.5) is 9.59 Å². The van der Waals surface area contributed by atoms with E-state index in [1.807, 2.05) is 0 Å². The molecule has 0 spiro atoms. The van der Waals surface area contributed by atoms with Gasteiger partial charge < -0.3 is 53.0 Å². The summed E-state index contributed by atoms with van der Waals surface area (Å²) in [5.41, 5.74) is 10.4. The van der Waals surface area contributed by atoms with Crippen LogP contribution in [0.2, 0.25) is 0 Å². The monoisotopic (exact) mass is 501 g/mol. The van der Waals surface area contributed by atoms with Crippen molar-refractivity contribution >= 4 is 24.0 Å². The molecule has 0 aromatic rings. The highest BCUT2D eigenvalue weighted by atomic mass is 16.5. The highest BCUT2D eigenvalue weighted by Gasteiger charge is 2.06. The molecule has 0 heterocycles. The summed E-state index contributed by atoms with van der Waals surface area (Å²) in [6.07, 6.45) is 4.89. The highest BCUT2D eigenvalue weighted by Crippen LogP contribution is 1.95. The number of nitrogens with zero attached hydrogens (tertiary/aromatic N) is 1. The van der Waals surface area contributed by atoms with Crippen LogP contribution in [-0.2, 0) is 4.74 Å². The molecule has 0 radical (unpaired) electrons. The Hall–Kier alpha value is -3.00. The Labute approximate surface area is 209 Å². The first kappa shape index (κ1) is 32.0. The van der Waals surface area contributed by atoms with E-state index < -0.39 is 0 Å². The maximum absolute atomic E-state index is 11.8. The van der Waals surface area contributed by atoms with E-state index in [2.05, 4.69) is 36.8 Å².